The molecule has 0 unspecified atom stereocenters. The van der Waals surface area contributed by atoms with Gasteiger partial charge in [-0.05, 0) is 62.8 Å². The van der Waals surface area contributed by atoms with Crippen LogP contribution < -0.4 is 10.6 Å². The van der Waals surface area contributed by atoms with Crippen molar-refractivity contribution in [3.05, 3.63) is 24.3 Å². The topological polar surface area (TPSA) is 50.4 Å². The van der Waals surface area contributed by atoms with Crippen molar-refractivity contribution in [3.8, 4) is 0 Å². The molecule has 2 aliphatic rings. The Bertz CT molecular complexity index is 474. The second-order valence-electron chi connectivity index (χ2n) is 6.19. The molecule has 0 radical (unpaired) electrons. The van der Waals surface area contributed by atoms with Gasteiger partial charge in [0.15, 0.2) is 0 Å². The molecule has 1 amide bonds. The normalized spacial score (nSPS) is 25.4. The van der Waals surface area contributed by atoms with Gasteiger partial charge in [0.05, 0.1) is 6.10 Å². The number of nitrogens with one attached hydrogen (secondary N) is 2. The zero-order valence-electron chi connectivity index (χ0n) is 12.6. The number of amides is 1. The molecule has 4 heteroatoms. The van der Waals surface area contributed by atoms with Crippen molar-refractivity contribution in [2.45, 2.75) is 50.7 Å². The molecule has 1 aromatic carbocycles. The van der Waals surface area contributed by atoms with E-state index in [1.54, 1.807) is 7.11 Å². The third-order valence-electron chi connectivity index (χ3n) is 4.48. The molecule has 2 aliphatic carbocycles. The number of methoxy groups -OCH3 is 1. The average molecular weight is 288 g/mol. The maximum Gasteiger partial charge on any atom is 0.227 e. The number of hydrogen-bond acceptors (Lipinski definition) is 3. The van der Waals surface area contributed by atoms with Gasteiger partial charge in [0.2, 0.25) is 5.91 Å². The summed E-state index contributed by atoms with van der Waals surface area (Å²) in [4.78, 5) is 11.7. The van der Waals surface area contributed by atoms with Crippen LogP contribution in [0.2, 0.25) is 0 Å². The summed E-state index contributed by atoms with van der Waals surface area (Å²) in [5.74, 6) is 0.410. The van der Waals surface area contributed by atoms with Crippen molar-refractivity contribution in [2.24, 2.45) is 5.92 Å². The maximum atomic E-state index is 11.7. The Hall–Kier alpha value is -1.55. The second kappa shape index (κ2) is 6.48. The average Bonchev–Trinajstić information content (AvgIpc) is 3.35. The van der Waals surface area contributed by atoms with Crippen LogP contribution in [0.3, 0.4) is 0 Å². The molecule has 2 N–H and O–H groups in total. The van der Waals surface area contributed by atoms with Gasteiger partial charge in [0, 0.05) is 30.4 Å². The van der Waals surface area contributed by atoms with Crippen LogP contribution in [0.5, 0.6) is 0 Å². The van der Waals surface area contributed by atoms with Gasteiger partial charge in [-0.15, -0.1) is 0 Å². The molecule has 1 aromatic rings. The van der Waals surface area contributed by atoms with Crippen molar-refractivity contribution in [2.75, 3.05) is 17.7 Å². The van der Waals surface area contributed by atoms with Crippen molar-refractivity contribution in [1.29, 1.82) is 0 Å². The highest BCUT2D eigenvalue weighted by Crippen LogP contribution is 2.30. The summed E-state index contributed by atoms with van der Waals surface area (Å²) < 4.78 is 5.40. The fourth-order valence-corrected chi connectivity index (χ4v) is 2.92. The lowest BCUT2D eigenvalue weighted by Gasteiger charge is -2.29. The molecular weight excluding hydrogens is 264 g/mol. The van der Waals surface area contributed by atoms with Crippen molar-refractivity contribution in [1.82, 2.24) is 0 Å². The Kier molecular flexibility index (Phi) is 4.44. The molecule has 3 rings (SSSR count). The van der Waals surface area contributed by atoms with Crippen molar-refractivity contribution in [3.63, 3.8) is 0 Å². The van der Waals surface area contributed by atoms with Crippen LogP contribution in [-0.2, 0) is 9.53 Å². The zero-order chi connectivity index (χ0) is 14.7. The summed E-state index contributed by atoms with van der Waals surface area (Å²) in [6, 6.07) is 8.58. The predicted octanol–water partition coefficient (Wildman–Crippen LogP) is 3.40. The number of anilines is 2. The first-order valence-corrected chi connectivity index (χ1v) is 7.95. The second-order valence-corrected chi connectivity index (χ2v) is 6.19. The molecule has 2 fully saturated rings. The van der Waals surface area contributed by atoms with Gasteiger partial charge in [-0.3, -0.25) is 4.79 Å². The third kappa shape index (κ3) is 3.97. The van der Waals surface area contributed by atoms with E-state index in [2.05, 4.69) is 10.6 Å². The van der Waals surface area contributed by atoms with E-state index < -0.39 is 0 Å². The number of ether oxygens (including phenoxy) is 1. The van der Waals surface area contributed by atoms with Crippen LogP contribution in [0, 0.1) is 5.92 Å². The molecule has 0 atom stereocenters. The van der Waals surface area contributed by atoms with E-state index in [0.717, 1.165) is 49.9 Å². The maximum absolute atomic E-state index is 11.7. The fourth-order valence-electron chi connectivity index (χ4n) is 2.92. The van der Waals surface area contributed by atoms with E-state index in [1.165, 1.54) is 0 Å². The number of rotatable bonds is 5. The lowest BCUT2D eigenvalue weighted by molar-refractivity contribution is -0.117. The molecule has 0 aliphatic heterocycles. The van der Waals surface area contributed by atoms with Gasteiger partial charge in [-0.25, -0.2) is 0 Å². The van der Waals surface area contributed by atoms with E-state index in [0.29, 0.717) is 12.1 Å². The first kappa shape index (κ1) is 14.4. The Morgan fingerprint density at radius 3 is 2.19 bits per heavy atom. The minimum Gasteiger partial charge on any atom is -0.382 e. The zero-order valence-corrected chi connectivity index (χ0v) is 12.6. The third-order valence-corrected chi connectivity index (χ3v) is 4.48. The predicted molar refractivity (Wildman–Crippen MR) is 84.5 cm³/mol. The smallest absolute Gasteiger partial charge is 0.227 e. The van der Waals surface area contributed by atoms with E-state index in [1.807, 2.05) is 24.3 Å². The highest BCUT2D eigenvalue weighted by molar-refractivity contribution is 5.94. The van der Waals surface area contributed by atoms with E-state index in [9.17, 15) is 4.79 Å². The highest BCUT2D eigenvalue weighted by Gasteiger charge is 2.29. The molecule has 4 nitrogen and oxygen atoms in total. The van der Waals surface area contributed by atoms with E-state index >= 15 is 0 Å². The van der Waals surface area contributed by atoms with Crippen LogP contribution in [0.25, 0.3) is 0 Å². The van der Waals surface area contributed by atoms with E-state index in [4.69, 9.17) is 4.74 Å². The molecule has 0 bridgehead atoms. The van der Waals surface area contributed by atoms with Gasteiger partial charge in [0.1, 0.15) is 0 Å². The first-order valence-electron chi connectivity index (χ1n) is 7.95. The van der Waals surface area contributed by atoms with Gasteiger partial charge in [-0.2, -0.15) is 0 Å². The number of carbonyl (C=O) groups is 1. The van der Waals surface area contributed by atoms with Crippen molar-refractivity contribution < 1.29 is 9.53 Å². The lowest BCUT2D eigenvalue weighted by atomic mass is 9.93. The van der Waals surface area contributed by atoms with Gasteiger partial charge in [-0.1, -0.05) is 0 Å². The van der Waals surface area contributed by atoms with Crippen LogP contribution in [0.4, 0.5) is 11.4 Å². The fraction of sp³-hybridized carbons (Fsp3) is 0.588. The van der Waals surface area contributed by atoms with Crippen LogP contribution in [0.1, 0.15) is 38.5 Å². The number of hydrogen-bond donors (Lipinski definition) is 2. The van der Waals surface area contributed by atoms with Crippen LogP contribution >= 0.6 is 0 Å². The molecule has 2 saturated carbocycles. The summed E-state index contributed by atoms with van der Waals surface area (Å²) in [6.45, 7) is 0. The highest BCUT2D eigenvalue weighted by atomic mass is 16.5. The van der Waals surface area contributed by atoms with Crippen LogP contribution in [-0.4, -0.2) is 25.2 Å². The van der Waals surface area contributed by atoms with Gasteiger partial charge < -0.3 is 15.4 Å². The molecule has 0 spiro atoms. The van der Waals surface area contributed by atoms with Gasteiger partial charge in [0.25, 0.3) is 0 Å². The minimum absolute atomic E-state index is 0.161. The Balaban J connectivity index is 1.49. The largest absolute Gasteiger partial charge is 0.382 e. The molecule has 21 heavy (non-hydrogen) atoms. The first-order chi connectivity index (χ1) is 10.2. The summed E-state index contributed by atoms with van der Waals surface area (Å²) in [5, 5.41) is 6.54. The molecule has 114 valence electrons. The SMILES string of the molecule is COC1CCC(Nc2ccc(NC(=O)C3CC3)cc2)CC1. The summed E-state index contributed by atoms with van der Waals surface area (Å²) in [5.41, 5.74) is 2.01. The molecular formula is C17H24N2O2. The molecule has 0 saturated heterocycles. The summed E-state index contributed by atoms with van der Waals surface area (Å²) in [6.07, 6.45) is 7.07. The quantitative estimate of drug-likeness (QED) is 0.873. The lowest BCUT2D eigenvalue weighted by Crippen LogP contribution is -2.29. The summed E-state index contributed by atoms with van der Waals surface area (Å²) in [7, 11) is 1.80. The molecule has 0 heterocycles. The molecule has 0 aromatic heterocycles. The van der Waals surface area contributed by atoms with Crippen molar-refractivity contribution >= 4 is 17.3 Å². The summed E-state index contributed by atoms with van der Waals surface area (Å²) >= 11 is 0. The van der Waals surface area contributed by atoms with E-state index in [-0.39, 0.29) is 11.8 Å². The number of carbonyl (C=O) groups excluding carboxylic acids is 1. The Labute approximate surface area is 126 Å². The monoisotopic (exact) mass is 288 g/mol. The minimum atomic E-state index is 0.161. The van der Waals surface area contributed by atoms with Gasteiger partial charge >= 0.3 is 0 Å². The van der Waals surface area contributed by atoms with Crippen LogP contribution in [0.15, 0.2) is 24.3 Å². The number of benzene rings is 1. The Morgan fingerprint density at radius 2 is 1.62 bits per heavy atom. The standard InChI is InChI=1S/C17H24N2O2/c1-21-16-10-8-14(9-11-16)18-13-4-6-15(7-5-13)19-17(20)12-2-3-12/h4-7,12,14,16,18H,2-3,8-11H2,1H3,(H,19,20). The Morgan fingerprint density at radius 1 is 1.00 bits per heavy atom.